The Hall–Kier alpha value is -1.49. The molecule has 1 heterocycles. The summed E-state index contributed by atoms with van der Waals surface area (Å²) in [6, 6.07) is 2.13. The largest absolute Gasteiger partial charge is 0.382 e. The molecule has 0 bridgehead atoms. The topological polar surface area (TPSA) is 86.3 Å². The molecule has 0 aliphatic heterocycles. The number of hydrogen-bond donors (Lipinski definition) is 3. The maximum absolute atomic E-state index is 14.5. The number of nitrogens with one attached hydrogen (secondary N) is 3. The fourth-order valence-corrected chi connectivity index (χ4v) is 4.68. The second-order valence-corrected chi connectivity index (χ2v) is 10.4. The number of nitrogens with zero attached hydrogens (tertiary/aromatic N) is 1. The number of anilines is 1. The van der Waals surface area contributed by atoms with E-state index in [2.05, 4.69) is 40.8 Å². The van der Waals surface area contributed by atoms with E-state index in [0.29, 0.717) is 17.9 Å². The molecule has 1 aromatic heterocycles. The monoisotopic (exact) mass is 452 g/mol. The van der Waals surface area contributed by atoms with Crippen molar-refractivity contribution in [3.05, 3.63) is 39.1 Å². The summed E-state index contributed by atoms with van der Waals surface area (Å²) >= 11 is 6.65. The van der Waals surface area contributed by atoms with Crippen LogP contribution in [0.4, 0.5) is 14.5 Å². The number of thiazole rings is 1. The number of hydrogen-bond acceptors (Lipinski definition) is 5. The summed E-state index contributed by atoms with van der Waals surface area (Å²) in [6.45, 7) is 6.82. The Morgan fingerprint density at radius 1 is 1.32 bits per heavy atom. The third kappa shape index (κ3) is 6.26. The van der Waals surface area contributed by atoms with Crippen LogP contribution in [-0.4, -0.2) is 33.0 Å². The normalized spacial score (nSPS) is 14.3. The van der Waals surface area contributed by atoms with E-state index in [1.165, 1.54) is 0 Å². The van der Waals surface area contributed by atoms with Gasteiger partial charge in [-0.15, -0.1) is 4.40 Å². The van der Waals surface area contributed by atoms with Crippen LogP contribution in [0.3, 0.4) is 0 Å². The van der Waals surface area contributed by atoms with Gasteiger partial charge in [-0.2, -0.15) is 12.8 Å². The van der Waals surface area contributed by atoms with Crippen molar-refractivity contribution in [3.8, 4) is 0 Å². The number of aromatic nitrogens is 1. The standard InChI is InChI=1S/C17H23ClF2N4O2S2/c1-17(2,3)7-10(21-4)8-22-13-6-12(19)14(5-11(13)18)28(25,26)24-16-23-9-15(20)27-16/h5-6,9-10,21-22H,7-8H2,1-4H3,(H,23,24)/t10-/m0/s1. The van der Waals surface area contributed by atoms with Gasteiger partial charge in [0.25, 0.3) is 10.0 Å². The Bertz CT molecular complexity index is 997. The van der Waals surface area contributed by atoms with Gasteiger partial charge >= 0.3 is 0 Å². The zero-order valence-electron chi connectivity index (χ0n) is 15.9. The molecule has 0 aliphatic rings. The van der Waals surface area contributed by atoms with Gasteiger partial charge in [0.1, 0.15) is 10.7 Å². The molecule has 0 saturated heterocycles. The first-order valence-electron chi connectivity index (χ1n) is 8.46. The molecule has 0 amide bonds. The average molecular weight is 453 g/mol. The van der Waals surface area contributed by atoms with Crippen molar-refractivity contribution in [2.75, 3.05) is 18.9 Å². The number of halogens is 3. The summed E-state index contributed by atoms with van der Waals surface area (Å²) in [4.78, 5) is 1.48. The van der Waals surface area contributed by atoms with Crippen LogP contribution in [0.2, 0.25) is 5.02 Å². The van der Waals surface area contributed by atoms with Gasteiger partial charge in [-0.3, -0.25) is 0 Å². The summed E-state index contributed by atoms with van der Waals surface area (Å²) in [6.07, 6.45) is 1.83. The summed E-state index contributed by atoms with van der Waals surface area (Å²) in [5.74, 6) is -0.996. The van der Waals surface area contributed by atoms with E-state index in [-0.39, 0.29) is 27.0 Å². The predicted octanol–water partition coefficient (Wildman–Crippen LogP) is 3.73. The quantitative estimate of drug-likeness (QED) is 0.597. The Balaban J connectivity index is 2.25. The number of benzene rings is 1. The molecule has 3 N–H and O–H groups in total. The highest BCUT2D eigenvalue weighted by Crippen LogP contribution is 2.29. The highest BCUT2D eigenvalue weighted by atomic mass is 35.5. The highest BCUT2D eigenvalue weighted by molar-refractivity contribution is 7.90. The van der Waals surface area contributed by atoms with Gasteiger partial charge in [0.15, 0.2) is 5.13 Å². The van der Waals surface area contributed by atoms with Gasteiger partial charge < -0.3 is 15.6 Å². The molecule has 1 aromatic carbocycles. The summed E-state index contributed by atoms with van der Waals surface area (Å²) in [5.41, 5.74) is 0.378. The number of aromatic amines is 1. The van der Waals surface area contributed by atoms with Crippen molar-refractivity contribution in [2.24, 2.45) is 9.81 Å². The first-order valence-corrected chi connectivity index (χ1v) is 11.1. The maximum atomic E-state index is 14.5. The van der Waals surface area contributed by atoms with Crippen molar-refractivity contribution in [1.82, 2.24) is 10.3 Å². The van der Waals surface area contributed by atoms with Crippen LogP contribution in [0.1, 0.15) is 27.2 Å². The van der Waals surface area contributed by atoms with Crippen LogP contribution in [0.15, 0.2) is 27.6 Å². The molecular formula is C17H23ClF2N4O2S2. The fourth-order valence-electron chi connectivity index (χ4n) is 2.58. The summed E-state index contributed by atoms with van der Waals surface area (Å²) in [7, 11) is -2.56. The van der Waals surface area contributed by atoms with Crippen molar-refractivity contribution in [3.63, 3.8) is 0 Å². The molecule has 0 fully saturated rings. The van der Waals surface area contributed by atoms with E-state index < -0.39 is 25.9 Å². The second-order valence-electron chi connectivity index (χ2n) is 7.46. The Labute approximate surface area is 172 Å². The van der Waals surface area contributed by atoms with Crippen molar-refractivity contribution < 1.29 is 17.2 Å². The van der Waals surface area contributed by atoms with Crippen molar-refractivity contribution >= 4 is 38.6 Å². The Morgan fingerprint density at radius 3 is 2.54 bits per heavy atom. The predicted molar refractivity (Wildman–Crippen MR) is 108 cm³/mol. The van der Waals surface area contributed by atoms with Gasteiger partial charge in [-0.25, -0.2) is 4.39 Å². The molecule has 0 aliphatic carbocycles. The molecule has 11 heteroatoms. The highest BCUT2D eigenvalue weighted by Gasteiger charge is 2.22. The summed E-state index contributed by atoms with van der Waals surface area (Å²) < 4.78 is 55.6. The minimum atomic E-state index is -4.39. The second kappa shape index (κ2) is 8.89. The lowest BCUT2D eigenvalue weighted by atomic mass is 9.88. The van der Waals surface area contributed by atoms with Gasteiger partial charge in [-0.1, -0.05) is 43.7 Å². The number of rotatable bonds is 7. The average Bonchev–Trinajstić information content (AvgIpc) is 2.96. The molecule has 0 saturated carbocycles. The van der Waals surface area contributed by atoms with Gasteiger partial charge in [-0.05, 0) is 31.0 Å². The molecule has 156 valence electrons. The van der Waals surface area contributed by atoms with Crippen LogP contribution in [0, 0.1) is 16.4 Å². The van der Waals surface area contributed by atoms with E-state index in [1.807, 2.05) is 7.05 Å². The third-order valence-electron chi connectivity index (χ3n) is 3.81. The zero-order valence-corrected chi connectivity index (χ0v) is 18.3. The summed E-state index contributed by atoms with van der Waals surface area (Å²) in [5, 5.41) is 5.64. The molecule has 1 atom stereocenters. The van der Waals surface area contributed by atoms with Crippen molar-refractivity contribution in [2.45, 2.75) is 38.1 Å². The van der Waals surface area contributed by atoms with Crippen LogP contribution in [-0.2, 0) is 10.0 Å². The number of likely N-dealkylation sites (N-methyl/N-ethyl adjacent to an activating group) is 1. The van der Waals surface area contributed by atoms with E-state index in [0.717, 1.165) is 24.8 Å². The van der Waals surface area contributed by atoms with Gasteiger partial charge in [0, 0.05) is 18.8 Å². The smallest absolute Gasteiger partial charge is 0.287 e. The fraction of sp³-hybridized carbons (Fsp3) is 0.471. The van der Waals surface area contributed by atoms with Crippen LogP contribution in [0.25, 0.3) is 0 Å². The SMILES string of the molecule is CN[C@H](CNc1cc(F)c(S(=O)(=O)/N=c2\[nH]cc(F)s2)cc1Cl)CC(C)(C)C. The van der Waals surface area contributed by atoms with E-state index in [9.17, 15) is 17.2 Å². The van der Waals surface area contributed by atoms with Crippen LogP contribution >= 0.6 is 22.9 Å². The lowest BCUT2D eigenvalue weighted by Gasteiger charge is -2.26. The zero-order chi connectivity index (χ0) is 21.1. The van der Waals surface area contributed by atoms with Crippen molar-refractivity contribution in [1.29, 1.82) is 0 Å². The Kier molecular flexibility index (Phi) is 7.24. The molecule has 0 spiro atoms. The van der Waals surface area contributed by atoms with Crippen LogP contribution in [0.5, 0.6) is 0 Å². The molecular weight excluding hydrogens is 430 g/mol. The lowest BCUT2D eigenvalue weighted by Crippen LogP contribution is -2.36. The lowest BCUT2D eigenvalue weighted by molar-refractivity contribution is 0.323. The molecule has 0 unspecified atom stereocenters. The molecule has 2 rings (SSSR count). The Morgan fingerprint density at radius 2 is 2.00 bits per heavy atom. The van der Waals surface area contributed by atoms with E-state index >= 15 is 0 Å². The molecule has 0 radical (unpaired) electrons. The first-order chi connectivity index (χ1) is 12.9. The minimum Gasteiger partial charge on any atom is -0.382 e. The van der Waals surface area contributed by atoms with Crippen LogP contribution < -0.4 is 15.4 Å². The number of H-pyrrole nitrogens is 1. The van der Waals surface area contributed by atoms with E-state index in [4.69, 9.17) is 11.6 Å². The minimum absolute atomic E-state index is 0.0436. The third-order valence-corrected chi connectivity index (χ3v) is 6.25. The molecule has 2 aromatic rings. The molecule has 28 heavy (non-hydrogen) atoms. The first kappa shape index (κ1) is 22.8. The van der Waals surface area contributed by atoms with E-state index in [1.54, 1.807) is 0 Å². The van der Waals surface area contributed by atoms with Gasteiger partial charge in [0.2, 0.25) is 4.80 Å². The maximum Gasteiger partial charge on any atom is 0.287 e. The van der Waals surface area contributed by atoms with Gasteiger partial charge in [0.05, 0.1) is 10.7 Å². The molecule has 6 nitrogen and oxygen atoms in total. The number of sulfonamides is 1.